The van der Waals surface area contributed by atoms with Crippen molar-refractivity contribution in [2.75, 3.05) is 5.73 Å². The summed E-state index contributed by atoms with van der Waals surface area (Å²) in [6.45, 7) is 0. The Bertz CT molecular complexity index is 385. The highest BCUT2D eigenvalue weighted by Gasteiger charge is 2.00. The zero-order valence-electron chi connectivity index (χ0n) is 6.36. The van der Waals surface area contributed by atoms with Crippen molar-refractivity contribution in [3.8, 4) is 5.75 Å². The molecule has 3 N–H and O–H groups in total. The maximum atomic E-state index is 9.40. The molecule has 0 aliphatic rings. The van der Waals surface area contributed by atoms with Crippen molar-refractivity contribution in [1.29, 1.82) is 0 Å². The van der Waals surface area contributed by atoms with Gasteiger partial charge in [-0.25, -0.2) is 0 Å². The van der Waals surface area contributed by atoms with E-state index < -0.39 is 0 Å². The fourth-order valence-corrected chi connectivity index (χ4v) is 1.20. The summed E-state index contributed by atoms with van der Waals surface area (Å²) in [4.78, 5) is 3.89. The Labute approximate surface area is 69.5 Å². The van der Waals surface area contributed by atoms with Crippen LogP contribution in [-0.4, -0.2) is 10.1 Å². The lowest BCUT2D eigenvalue weighted by molar-refractivity contribution is 0.481. The Kier molecular flexibility index (Phi) is 1.37. The summed E-state index contributed by atoms with van der Waals surface area (Å²) < 4.78 is 0. The normalized spacial score (nSPS) is 10.3. The fraction of sp³-hybridized carbons (Fsp3) is 0. The number of nitrogen functional groups attached to an aromatic ring is 1. The average molecular weight is 160 g/mol. The van der Waals surface area contributed by atoms with Gasteiger partial charge in [-0.05, 0) is 6.07 Å². The first kappa shape index (κ1) is 6.91. The van der Waals surface area contributed by atoms with Gasteiger partial charge in [-0.15, -0.1) is 0 Å². The van der Waals surface area contributed by atoms with Crippen molar-refractivity contribution in [2.24, 2.45) is 0 Å². The van der Waals surface area contributed by atoms with Crippen LogP contribution in [0.4, 0.5) is 5.69 Å². The monoisotopic (exact) mass is 160 g/mol. The smallest absolute Gasteiger partial charge is 0.125 e. The van der Waals surface area contributed by atoms with Gasteiger partial charge in [0, 0.05) is 17.0 Å². The van der Waals surface area contributed by atoms with Crippen LogP contribution >= 0.6 is 0 Å². The first-order valence-corrected chi connectivity index (χ1v) is 3.60. The molecule has 1 aromatic heterocycles. The molecule has 0 fully saturated rings. The Hall–Kier alpha value is -1.77. The molecule has 0 radical (unpaired) electrons. The van der Waals surface area contributed by atoms with Crippen LogP contribution in [0.1, 0.15) is 0 Å². The molecule has 60 valence electrons. The lowest BCUT2D eigenvalue weighted by atomic mass is 10.1. The molecule has 2 aromatic rings. The van der Waals surface area contributed by atoms with Gasteiger partial charge < -0.3 is 10.8 Å². The van der Waals surface area contributed by atoms with Crippen LogP contribution in [0.3, 0.4) is 0 Å². The minimum Gasteiger partial charge on any atom is -0.507 e. The SMILES string of the molecule is Nc1cncc2c(O)cccc12. The summed E-state index contributed by atoms with van der Waals surface area (Å²) in [5, 5.41) is 10.9. The second-order valence-corrected chi connectivity index (χ2v) is 2.60. The van der Waals surface area contributed by atoms with E-state index in [0.29, 0.717) is 11.1 Å². The highest BCUT2D eigenvalue weighted by Crippen LogP contribution is 2.26. The lowest BCUT2D eigenvalue weighted by Crippen LogP contribution is -1.87. The van der Waals surface area contributed by atoms with Gasteiger partial charge in [-0.3, -0.25) is 4.98 Å². The topological polar surface area (TPSA) is 59.1 Å². The van der Waals surface area contributed by atoms with Crippen LogP contribution in [0, 0.1) is 0 Å². The van der Waals surface area contributed by atoms with E-state index in [1.165, 1.54) is 0 Å². The van der Waals surface area contributed by atoms with E-state index in [4.69, 9.17) is 5.73 Å². The zero-order valence-corrected chi connectivity index (χ0v) is 6.36. The molecule has 0 spiro atoms. The van der Waals surface area contributed by atoms with E-state index in [1.807, 2.05) is 6.07 Å². The molecule has 0 aliphatic heterocycles. The molecule has 0 unspecified atom stereocenters. The van der Waals surface area contributed by atoms with E-state index in [0.717, 1.165) is 5.39 Å². The number of rotatable bonds is 0. The van der Waals surface area contributed by atoms with Gasteiger partial charge in [-0.2, -0.15) is 0 Å². The van der Waals surface area contributed by atoms with Crippen molar-refractivity contribution >= 4 is 16.5 Å². The number of hydrogen-bond acceptors (Lipinski definition) is 3. The van der Waals surface area contributed by atoms with E-state index in [2.05, 4.69) is 4.98 Å². The number of benzene rings is 1. The van der Waals surface area contributed by atoms with E-state index in [1.54, 1.807) is 24.5 Å². The molecule has 1 aromatic carbocycles. The predicted octanol–water partition coefficient (Wildman–Crippen LogP) is 1.52. The second-order valence-electron chi connectivity index (χ2n) is 2.60. The zero-order chi connectivity index (χ0) is 8.55. The third-order valence-electron chi connectivity index (χ3n) is 1.81. The van der Waals surface area contributed by atoms with Gasteiger partial charge in [-0.1, -0.05) is 12.1 Å². The molecule has 1 heterocycles. The van der Waals surface area contributed by atoms with Crippen molar-refractivity contribution in [1.82, 2.24) is 4.98 Å². The fourth-order valence-electron chi connectivity index (χ4n) is 1.20. The summed E-state index contributed by atoms with van der Waals surface area (Å²) in [7, 11) is 0. The molecule has 0 saturated heterocycles. The average Bonchev–Trinajstić information content (AvgIpc) is 2.07. The van der Waals surface area contributed by atoms with Crippen LogP contribution in [0.2, 0.25) is 0 Å². The van der Waals surface area contributed by atoms with Crippen LogP contribution in [-0.2, 0) is 0 Å². The van der Waals surface area contributed by atoms with Gasteiger partial charge in [0.05, 0.1) is 11.9 Å². The Balaban J connectivity index is 2.94. The Morgan fingerprint density at radius 1 is 1.17 bits per heavy atom. The number of aromatic hydroxyl groups is 1. The quantitative estimate of drug-likeness (QED) is 0.614. The third-order valence-corrected chi connectivity index (χ3v) is 1.81. The number of fused-ring (bicyclic) bond motifs is 1. The number of hydrogen-bond donors (Lipinski definition) is 2. The maximum absolute atomic E-state index is 9.40. The van der Waals surface area contributed by atoms with E-state index >= 15 is 0 Å². The number of nitrogens with two attached hydrogens (primary N) is 1. The number of nitrogens with zero attached hydrogens (tertiary/aromatic N) is 1. The van der Waals surface area contributed by atoms with Crippen molar-refractivity contribution in [2.45, 2.75) is 0 Å². The number of anilines is 1. The van der Waals surface area contributed by atoms with Crippen molar-refractivity contribution in [3.63, 3.8) is 0 Å². The molecular weight excluding hydrogens is 152 g/mol. The molecular formula is C9H8N2O. The standard InChI is InChI=1S/C9H8N2O/c10-8-5-11-4-7-6(8)2-1-3-9(7)12/h1-5,12H,10H2. The number of phenols is 1. The molecule has 0 bridgehead atoms. The van der Waals surface area contributed by atoms with E-state index in [9.17, 15) is 5.11 Å². The molecule has 0 aliphatic carbocycles. The van der Waals surface area contributed by atoms with Gasteiger partial charge in [0.25, 0.3) is 0 Å². The summed E-state index contributed by atoms with van der Waals surface area (Å²) in [6.07, 6.45) is 3.17. The van der Waals surface area contributed by atoms with Crippen LogP contribution in [0.15, 0.2) is 30.6 Å². The van der Waals surface area contributed by atoms with Crippen molar-refractivity contribution in [3.05, 3.63) is 30.6 Å². The van der Waals surface area contributed by atoms with E-state index in [-0.39, 0.29) is 5.75 Å². The van der Waals surface area contributed by atoms with Crippen molar-refractivity contribution < 1.29 is 5.11 Å². The van der Waals surface area contributed by atoms with Gasteiger partial charge in [0.15, 0.2) is 0 Å². The first-order chi connectivity index (χ1) is 5.79. The minimum absolute atomic E-state index is 0.215. The highest BCUT2D eigenvalue weighted by atomic mass is 16.3. The summed E-state index contributed by atoms with van der Waals surface area (Å²) >= 11 is 0. The Morgan fingerprint density at radius 2 is 2.00 bits per heavy atom. The number of phenolic OH excluding ortho intramolecular Hbond substituents is 1. The molecule has 0 amide bonds. The molecule has 3 nitrogen and oxygen atoms in total. The van der Waals surface area contributed by atoms with Crippen LogP contribution in [0.25, 0.3) is 10.8 Å². The summed E-state index contributed by atoms with van der Waals surface area (Å²) in [5.41, 5.74) is 6.24. The lowest BCUT2D eigenvalue weighted by Gasteiger charge is -2.01. The number of aromatic nitrogens is 1. The van der Waals surface area contributed by atoms with Crippen LogP contribution < -0.4 is 5.73 Å². The number of pyridine rings is 1. The summed E-state index contributed by atoms with van der Waals surface area (Å²) in [5.74, 6) is 0.215. The molecule has 2 rings (SSSR count). The van der Waals surface area contributed by atoms with Gasteiger partial charge in [0.2, 0.25) is 0 Å². The first-order valence-electron chi connectivity index (χ1n) is 3.60. The summed E-state index contributed by atoms with van der Waals surface area (Å²) in [6, 6.07) is 5.23. The minimum atomic E-state index is 0.215. The van der Waals surface area contributed by atoms with Gasteiger partial charge in [0.1, 0.15) is 5.75 Å². The highest BCUT2D eigenvalue weighted by molar-refractivity contribution is 5.95. The molecule has 0 saturated carbocycles. The van der Waals surface area contributed by atoms with Crippen LogP contribution in [0.5, 0.6) is 5.75 Å². The predicted molar refractivity (Wildman–Crippen MR) is 47.8 cm³/mol. The largest absolute Gasteiger partial charge is 0.507 e. The second kappa shape index (κ2) is 2.37. The van der Waals surface area contributed by atoms with Gasteiger partial charge >= 0.3 is 0 Å². The molecule has 3 heteroatoms. The molecule has 0 atom stereocenters. The maximum Gasteiger partial charge on any atom is 0.125 e. The third kappa shape index (κ3) is 0.871. The Morgan fingerprint density at radius 3 is 2.75 bits per heavy atom. The molecule has 12 heavy (non-hydrogen) atoms.